The largest absolute Gasteiger partial charge is 0.490 e. The maximum atomic E-state index is 13.6. The molecule has 1 aliphatic rings. The standard InChI is InChI=1S/C12H15FO/c1-2-10-4-3-5-11(12(10)13)14-8-9-6-7-9/h3-5,9H,2,6-8H2,1H3. The first-order valence-corrected chi connectivity index (χ1v) is 5.21. The highest BCUT2D eigenvalue weighted by atomic mass is 19.1. The minimum Gasteiger partial charge on any atom is -0.490 e. The molecule has 1 aromatic rings. The summed E-state index contributed by atoms with van der Waals surface area (Å²) in [5.41, 5.74) is 0.735. The van der Waals surface area contributed by atoms with Crippen LogP contribution in [0.5, 0.6) is 5.75 Å². The van der Waals surface area contributed by atoms with Crippen molar-refractivity contribution in [1.29, 1.82) is 0 Å². The molecule has 0 atom stereocenters. The first-order chi connectivity index (χ1) is 6.81. The monoisotopic (exact) mass is 194 g/mol. The summed E-state index contributed by atoms with van der Waals surface area (Å²) in [6, 6.07) is 5.36. The Labute approximate surface area is 83.9 Å². The van der Waals surface area contributed by atoms with Crippen LogP contribution in [0, 0.1) is 11.7 Å². The highest BCUT2D eigenvalue weighted by Crippen LogP contribution is 2.30. The Balaban J connectivity index is 2.06. The van der Waals surface area contributed by atoms with E-state index in [9.17, 15) is 4.39 Å². The number of hydrogen-bond acceptors (Lipinski definition) is 1. The van der Waals surface area contributed by atoms with Gasteiger partial charge in [-0.25, -0.2) is 4.39 Å². The van der Waals surface area contributed by atoms with Crippen molar-refractivity contribution in [3.8, 4) is 5.75 Å². The fraction of sp³-hybridized carbons (Fsp3) is 0.500. The zero-order valence-electron chi connectivity index (χ0n) is 8.42. The minimum atomic E-state index is -0.185. The van der Waals surface area contributed by atoms with Gasteiger partial charge in [0, 0.05) is 0 Å². The second-order valence-corrected chi connectivity index (χ2v) is 3.84. The van der Waals surface area contributed by atoms with E-state index in [4.69, 9.17) is 4.74 Å². The number of hydrogen-bond donors (Lipinski definition) is 0. The molecule has 0 spiro atoms. The first-order valence-electron chi connectivity index (χ1n) is 5.21. The number of aryl methyl sites for hydroxylation is 1. The Morgan fingerprint density at radius 3 is 2.86 bits per heavy atom. The van der Waals surface area contributed by atoms with Gasteiger partial charge in [-0.1, -0.05) is 19.1 Å². The second-order valence-electron chi connectivity index (χ2n) is 3.84. The maximum Gasteiger partial charge on any atom is 0.168 e. The molecular formula is C12H15FO. The van der Waals surface area contributed by atoms with Crippen LogP contribution in [0.2, 0.25) is 0 Å². The number of halogens is 1. The van der Waals surface area contributed by atoms with Crippen molar-refractivity contribution in [2.24, 2.45) is 5.92 Å². The number of ether oxygens (including phenoxy) is 1. The van der Waals surface area contributed by atoms with E-state index in [1.807, 2.05) is 13.0 Å². The van der Waals surface area contributed by atoms with E-state index in [0.717, 1.165) is 5.56 Å². The third kappa shape index (κ3) is 2.06. The normalized spacial score (nSPS) is 15.6. The van der Waals surface area contributed by atoms with E-state index in [0.29, 0.717) is 24.7 Å². The molecular weight excluding hydrogens is 179 g/mol. The number of rotatable bonds is 4. The topological polar surface area (TPSA) is 9.23 Å². The fourth-order valence-electron chi connectivity index (χ4n) is 1.43. The van der Waals surface area contributed by atoms with Gasteiger partial charge in [0.05, 0.1) is 6.61 Å². The summed E-state index contributed by atoms with van der Waals surface area (Å²) in [6.07, 6.45) is 3.18. The summed E-state index contributed by atoms with van der Waals surface area (Å²) in [4.78, 5) is 0. The van der Waals surface area contributed by atoms with Crippen molar-refractivity contribution in [1.82, 2.24) is 0 Å². The van der Waals surface area contributed by atoms with Crippen LogP contribution in [0.4, 0.5) is 4.39 Å². The third-order valence-electron chi connectivity index (χ3n) is 2.60. The van der Waals surface area contributed by atoms with Gasteiger partial charge >= 0.3 is 0 Å². The lowest BCUT2D eigenvalue weighted by atomic mass is 10.1. The van der Waals surface area contributed by atoms with Gasteiger partial charge in [0.1, 0.15) is 0 Å². The summed E-state index contributed by atoms with van der Waals surface area (Å²) in [6.45, 7) is 2.62. The average molecular weight is 194 g/mol. The quantitative estimate of drug-likeness (QED) is 0.715. The van der Waals surface area contributed by atoms with Crippen LogP contribution in [0.1, 0.15) is 25.3 Å². The highest BCUT2D eigenvalue weighted by molar-refractivity contribution is 5.31. The smallest absolute Gasteiger partial charge is 0.168 e. The molecule has 0 N–H and O–H groups in total. The van der Waals surface area contributed by atoms with E-state index >= 15 is 0 Å². The summed E-state index contributed by atoms with van der Waals surface area (Å²) in [5.74, 6) is 0.895. The summed E-state index contributed by atoms with van der Waals surface area (Å²) < 4.78 is 19.0. The van der Waals surface area contributed by atoms with Gasteiger partial charge in [-0.2, -0.15) is 0 Å². The van der Waals surface area contributed by atoms with Crippen molar-refractivity contribution >= 4 is 0 Å². The van der Waals surface area contributed by atoms with Crippen molar-refractivity contribution in [3.05, 3.63) is 29.6 Å². The molecule has 2 heteroatoms. The SMILES string of the molecule is CCc1cccc(OCC2CC2)c1F. The van der Waals surface area contributed by atoms with Crippen LogP contribution in [0.25, 0.3) is 0 Å². The minimum absolute atomic E-state index is 0.185. The van der Waals surface area contributed by atoms with Crippen molar-refractivity contribution in [2.75, 3.05) is 6.61 Å². The van der Waals surface area contributed by atoms with Crippen molar-refractivity contribution < 1.29 is 9.13 Å². The van der Waals surface area contributed by atoms with E-state index in [1.165, 1.54) is 12.8 Å². The van der Waals surface area contributed by atoms with E-state index in [2.05, 4.69) is 0 Å². The van der Waals surface area contributed by atoms with Gasteiger partial charge in [0.15, 0.2) is 11.6 Å². The lowest BCUT2D eigenvalue weighted by molar-refractivity contribution is 0.284. The lowest BCUT2D eigenvalue weighted by Crippen LogP contribution is -2.02. The van der Waals surface area contributed by atoms with Gasteiger partial charge in [-0.15, -0.1) is 0 Å². The molecule has 1 fully saturated rings. The molecule has 0 aromatic heterocycles. The second kappa shape index (κ2) is 3.99. The van der Waals surface area contributed by atoms with Crippen molar-refractivity contribution in [3.63, 3.8) is 0 Å². The predicted molar refractivity (Wildman–Crippen MR) is 54.0 cm³/mol. The Morgan fingerprint density at radius 2 is 2.21 bits per heavy atom. The first kappa shape index (κ1) is 9.50. The van der Waals surface area contributed by atoms with Gasteiger partial charge < -0.3 is 4.74 Å². The van der Waals surface area contributed by atoms with Crippen LogP contribution >= 0.6 is 0 Å². The van der Waals surface area contributed by atoms with Crippen LogP contribution in [-0.2, 0) is 6.42 Å². The maximum absolute atomic E-state index is 13.6. The van der Waals surface area contributed by atoms with Crippen molar-refractivity contribution in [2.45, 2.75) is 26.2 Å². The number of benzene rings is 1. The molecule has 0 radical (unpaired) electrons. The van der Waals surface area contributed by atoms with Crippen LogP contribution in [0.3, 0.4) is 0 Å². The Bertz CT molecular complexity index is 318. The average Bonchev–Trinajstić information content (AvgIpc) is 3.00. The van der Waals surface area contributed by atoms with Crippen LogP contribution in [0.15, 0.2) is 18.2 Å². The molecule has 76 valence electrons. The molecule has 0 amide bonds. The summed E-state index contributed by atoms with van der Waals surface area (Å²) in [5, 5.41) is 0. The predicted octanol–water partition coefficient (Wildman–Crippen LogP) is 3.18. The van der Waals surface area contributed by atoms with Gasteiger partial charge in [0.2, 0.25) is 0 Å². The highest BCUT2D eigenvalue weighted by Gasteiger charge is 2.22. The lowest BCUT2D eigenvalue weighted by Gasteiger charge is -2.08. The van der Waals surface area contributed by atoms with Crippen LogP contribution < -0.4 is 4.74 Å². The molecule has 0 aliphatic heterocycles. The van der Waals surface area contributed by atoms with E-state index in [1.54, 1.807) is 12.1 Å². The Hall–Kier alpha value is -1.05. The van der Waals surface area contributed by atoms with Crippen LogP contribution in [-0.4, -0.2) is 6.61 Å². The zero-order chi connectivity index (χ0) is 9.97. The van der Waals surface area contributed by atoms with Gasteiger partial charge in [-0.3, -0.25) is 0 Å². The van der Waals surface area contributed by atoms with Gasteiger partial charge in [-0.05, 0) is 36.8 Å². The molecule has 1 aliphatic carbocycles. The molecule has 1 aromatic carbocycles. The fourth-order valence-corrected chi connectivity index (χ4v) is 1.43. The Kier molecular flexibility index (Phi) is 2.71. The molecule has 0 saturated heterocycles. The molecule has 2 rings (SSSR count). The van der Waals surface area contributed by atoms with E-state index < -0.39 is 0 Å². The molecule has 0 bridgehead atoms. The summed E-state index contributed by atoms with van der Waals surface area (Å²) in [7, 11) is 0. The molecule has 0 unspecified atom stereocenters. The third-order valence-corrected chi connectivity index (χ3v) is 2.60. The summed E-state index contributed by atoms with van der Waals surface area (Å²) >= 11 is 0. The molecule has 14 heavy (non-hydrogen) atoms. The molecule has 1 nitrogen and oxygen atoms in total. The molecule has 0 heterocycles. The Morgan fingerprint density at radius 1 is 1.43 bits per heavy atom. The van der Waals surface area contributed by atoms with Gasteiger partial charge in [0.25, 0.3) is 0 Å². The zero-order valence-corrected chi connectivity index (χ0v) is 8.42. The molecule has 1 saturated carbocycles. The van der Waals surface area contributed by atoms with E-state index in [-0.39, 0.29) is 5.82 Å².